The van der Waals surface area contributed by atoms with Crippen LogP contribution in [0, 0.1) is 5.82 Å². The maximum absolute atomic E-state index is 14.3. The Morgan fingerprint density at radius 1 is 1.21 bits per heavy atom. The lowest BCUT2D eigenvalue weighted by Crippen LogP contribution is -2.32. The molecule has 29 heavy (non-hydrogen) atoms. The first-order valence-electron chi connectivity index (χ1n) is 10.0. The molecule has 0 bridgehead atoms. The number of ether oxygens (including phenoxy) is 2. The van der Waals surface area contributed by atoms with Crippen LogP contribution in [0.3, 0.4) is 0 Å². The number of halogens is 1. The van der Waals surface area contributed by atoms with Crippen LogP contribution in [0.5, 0.6) is 5.75 Å². The van der Waals surface area contributed by atoms with E-state index in [9.17, 15) is 4.39 Å². The molecule has 1 saturated carbocycles. The molecule has 1 aliphatic rings. The van der Waals surface area contributed by atoms with Gasteiger partial charge in [0.15, 0.2) is 11.6 Å². The summed E-state index contributed by atoms with van der Waals surface area (Å²) in [6.07, 6.45) is 9.21. The Kier molecular flexibility index (Phi) is 7.76. The smallest absolute Gasteiger partial charge is 0.183 e. The van der Waals surface area contributed by atoms with E-state index >= 15 is 0 Å². The van der Waals surface area contributed by atoms with Crippen molar-refractivity contribution in [2.24, 2.45) is 0 Å². The normalized spacial score (nSPS) is 18.8. The quantitative estimate of drug-likeness (QED) is 0.589. The summed E-state index contributed by atoms with van der Waals surface area (Å²) in [6, 6.07) is 7.85. The summed E-state index contributed by atoms with van der Waals surface area (Å²) >= 11 is 0. The minimum Gasteiger partial charge on any atom is -0.490 e. The molecule has 2 atom stereocenters. The summed E-state index contributed by atoms with van der Waals surface area (Å²) in [5.74, 6) is 1.13. The molecule has 1 heterocycles. The van der Waals surface area contributed by atoms with Crippen molar-refractivity contribution in [2.75, 3.05) is 18.5 Å². The molecule has 0 aliphatic heterocycles. The number of nitrogens with one attached hydrogen (secondary N) is 1. The molecule has 1 N–H and O–H groups in total. The molecule has 1 aromatic carbocycles. The van der Waals surface area contributed by atoms with Crippen LogP contribution in [0.25, 0.3) is 0 Å². The van der Waals surface area contributed by atoms with Crippen molar-refractivity contribution in [2.45, 2.75) is 44.2 Å². The van der Waals surface area contributed by atoms with Gasteiger partial charge in [0.25, 0.3) is 0 Å². The highest BCUT2D eigenvalue weighted by atomic mass is 19.1. The van der Waals surface area contributed by atoms with E-state index < -0.39 is 5.82 Å². The van der Waals surface area contributed by atoms with E-state index in [0.29, 0.717) is 25.5 Å². The van der Waals surface area contributed by atoms with Gasteiger partial charge in [-0.15, -0.1) is 6.58 Å². The number of anilines is 1. The molecule has 0 amide bonds. The SMILES string of the molecule is C=CCOc1cccc(Cc2ncc(F)c(NC3CCCC(OCC=C)C3)n2)c1. The van der Waals surface area contributed by atoms with Gasteiger partial charge in [0.2, 0.25) is 0 Å². The second-order valence-corrected chi connectivity index (χ2v) is 7.16. The maximum Gasteiger partial charge on any atom is 0.183 e. The van der Waals surface area contributed by atoms with Crippen LogP contribution in [0.1, 0.15) is 37.1 Å². The first kappa shape index (κ1) is 21.0. The fourth-order valence-corrected chi connectivity index (χ4v) is 3.50. The minimum atomic E-state index is -0.439. The van der Waals surface area contributed by atoms with E-state index in [4.69, 9.17) is 9.47 Å². The molecule has 6 heteroatoms. The fourth-order valence-electron chi connectivity index (χ4n) is 3.50. The van der Waals surface area contributed by atoms with Crippen molar-refractivity contribution in [1.82, 2.24) is 9.97 Å². The first-order chi connectivity index (χ1) is 14.2. The Bertz CT molecular complexity index is 828. The lowest BCUT2D eigenvalue weighted by molar-refractivity contribution is 0.0432. The summed E-state index contributed by atoms with van der Waals surface area (Å²) in [4.78, 5) is 8.59. The van der Waals surface area contributed by atoms with Gasteiger partial charge in [-0.3, -0.25) is 0 Å². The second-order valence-electron chi connectivity index (χ2n) is 7.16. The number of nitrogens with zero attached hydrogens (tertiary/aromatic N) is 2. The predicted octanol–water partition coefficient (Wildman–Crippen LogP) is 4.70. The Morgan fingerprint density at radius 3 is 2.90 bits per heavy atom. The highest BCUT2D eigenvalue weighted by Crippen LogP contribution is 2.25. The Hall–Kier alpha value is -2.73. The van der Waals surface area contributed by atoms with Gasteiger partial charge in [-0.2, -0.15) is 0 Å². The third kappa shape index (κ3) is 6.39. The largest absolute Gasteiger partial charge is 0.490 e. The number of rotatable bonds is 10. The standard InChI is InChI=1S/C23H28FN3O2/c1-3-11-28-19-9-5-7-17(13-19)14-22-25-16-21(24)23(27-22)26-18-8-6-10-20(15-18)29-12-4-2/h3-5,7,9,13,16,18,20H,1-2,6,8,10-12,14-15H2,(H,25,26,27). The van der Waals surface area contributed by atoms with E-state index in [0.717, 1.165) is 37.0 Å². The minimum absolute atomic E-state index is 0.131. The van der Waals surface area contributed by atoms with E-state index in [1.54, 1.807) is 12.2 Å². The van der Waals surface area contributed by atoms with Gasteiger partial charge < -0.3 is 14.8 Å². The lowest BCUT2D eigenvalue weighted by Gasteiger charge is -2.30. The third-order valence-corrected chi connectivity index (χ3v) is 4.84. The molecular weight excluding hydrogens is 369 g/mol. The Labute approximate surface area is 171 Å². The summed E-state index contributed by atoms with van der Waals surface area (Å²) in [7, 11) is 0. The molecule has 0 saturated heterocycles. The van der Waals surface area contributed by atoms with Crippen LogP contribution >= 0.6 is 0 Å². The van der Waals surface area contributed by atoms with Crippen LogP contribution in [0.15, 0.2) is 55.8 Å². The first-order valence-corrected chi connectivity index (χ1v) is 10.0. The zero-order chi connectivity index (χ0) is 20.5. The molecule has 0 spiro atoms. The molecule has 3 rings (SSSR count). The fraction of sp³-hybridized carbons (Fsp3) is 0.391. The van der Waals surface area contributed by atoms with Crippen molar-refractivity contribution < 1.29 is 13.9 Å². The topological polar surface area (TPSA) is 56.3 Å². The van der Waals surface area contributed by atoms with Gasteiger partial charge in [0, 0.05) is 12.5 Å². The molecule has 0 radical (unpaired) electrons. The monoisotopic (exact) mass is 397 g/mol. The van der Waals surface area contributed by atoms with Crippen LogP contribution in [0.2, 0.25) is 0 Å². The molecule has 154 valence electrons. The molecule has 2 unspecified atom stereocenters. The zero-order valence-corrected chi connectivity index (χ0v) is 16.6. The van der Waals surface area contributed by atoms with Crippen LogP contribution in [0.4, 0.5) is 10.2 Å². The van der Waals surface area contributed by atoms with Crippen molar-refractivity contribution in [3.63, 3.8) is 0 Å². The van der Waals surface area contributed by atoms with E-state index in [1.165, 1.54) is 6.20 Å². The Morgan fingerprint density at radius 2 is 2.07 bits per heavy atom. The molecule has 1 aromatic heterocycles. The highest BCUT2D eigenvalue weighted by Gasteiger charge is 2.23. The average Bonchev–Trinajstić information content (AvgIpc) is 2.74. The van der Waals surface area contributed by atoms with Crippen LogP contribution < -0.4 is 10.1 Å². The van der Waals surface area contributed by atoms with Crippen molar-refractivity contribution in [1.29, 1.82) is 0 Å². The number of hydrogen-bond acceptors (Lipinski definition) is 5. The number of aromatic nitrogens is 2. The van der Waals surface area contributed by atoms with Crippen molar-refractivity contribution >= 4 is 5.82 Å². The van der Waals surface area contributed by atoms with Gasteiger partial charge in [-0.05, 0) is 43.4 Å². The van der Waals surface area contributed by atoms with Gasteiger partial charge in [0.1, 0.15) is 18.2 Å². The maximum atomic E-state index is 14.3. The molecule has 2 aromatic rings. The number of hydrogen-bond donors (Lipinski definition) is 1. The molecular formula is C23H28FN3O2. The van der Waals surface area contributed by atoms with E-state index in [-0.39, 0.29) is 18.0 Å². The second kappa shape index (κ2) is 10.7. The van der Waals surface area contributed by atoms with Crippen LogP contribution in [-0.4, -0.2) is 35.3 Å². The summed E-state index contributed by atoms with van der Waals surface area (Å²) in [6.45, 7) is 8.33. The summed E-state index contributed by atoms with van der Waals surface area (Å²) < 4.78 is 25.6. The van der Waals surface area contributed by atoms with Gasteiger partial charge >= 0.3 is 0 Å². The van der Waals surface area contributed by atoms with Gasteiger partial charge in [-0.25, -0.2) is 14.4 Å². The molecule has 1 aliphatic carbocycles. The summed E-state index contributed by atoms with van der Waals surface area (Å²) in [5.41, 5.74) is 1.000. The average molecular weight is 397 g/mol. The van der Waals surface area contributed by atoms with Gasteiger partial charge in [0.05, 0.1) is 18.9 Å². The predicted molar refractivity (Wildman–Crippen MR) is 113 cm³/mol. The Balaban J connectivity index is 1.65. The molecule has 5 nitrogen and oxygen atoms in total. The van der Waals surface area contributed by atoms with Crippen molar-refractivity contribution in [3.05, 3.63) is 73.0 Å². The zero-order valence-electron chi connectivity index (χ0n) is 16.6. The van der Waals surface area contributed by atoms with Crippen molar-refractivity contribution in [3.8, 4) is 5.75 Å². The number of benzene rings is 1. The van der Waals surface area contributed by atoms with Crippen LogP contribution in [-0.2, 0) is 11.2 Å². The molecule has 1 fully saturated rings. The highest BCUT2D eigenvalue weighted by molar-refractivity contribution is 5.38. The van der Waals surface area contributed by atoms with Gasteiger partial charge in [-0.1, -0.05) is 30.9 Å². The third-order valence-electron chi connectivity index (χ3n) is 4.84. The van der Waals surface area contributed by atoms with E-state index in [1.807, 2.05) is 24.3 Å². The lowest BCUT2D eigenvalue weighted by atomic mass is 9.93. The summed E-state index contributed by atoms with van der Waals surface area (Å²) in [5, 5.41) is 3.25. The van der Waals surface area contributed by atoms with E-state index in [2.05, 4.69) is 28.4 Å².